The van der Waals surface area contributed by atoms with Crippen molar-refractivity contribution in [2.45, 2.75) is 54.9 Å². The van der Waals surface area contributed by atoms with Gasteiger partial charge < -0.3 is 0 Å². The van der Waals surface area contributed by atoms with Gasteiger partial charge in [0.25, 0.3) is 0 Å². The first-order valence-electron chi connectivity index (χ1n) is 5.39. The number of hydrogen-bond acceptors (Lipinski definition) is 0. The van der Waals surface area contributed by atoms with Gasteiger partial charge in [-0.1, -0.05) is 53.2 Å². The fraction of sp³-hybridized carbons (Fsp3) is 0.846. The minimum Gasteiger partial charge on any atom is -0.0788 e. The average molecular weight is 180 g/mol. The molecular formula is C13H24. The van der Waals surface area contributed by atoms with E-state index in [4.69, 9.17) is 0 Å². The summed E-state index contributed by atoms with van der Waals surface area (Å²) in [5.74, 6) is 0. The van der Waals surface area contributed by atoms with Gasteiger partial charge in [0.15, 0.2) is 0 Å². The Balaban J connectivity index is 3.24. The minimum atomic E-state index is 0.335. The topological polar surface area (TPSA) is 0 Å². The Morgan fingerprint density at radius 1 is 1.08 bits per heavy atom. The lowest BCUT2D eigenvalue weighted by atomic mass is 9.57. The van der Waals surface area contributed by atoms with Crippen LogP contribution in [0, 0.1) is 16.2 Å². The highest BCUT2D eigenvalue weighted by atomic mass is 14.6. The van der Waals surface area contributed by atoms with Gasteiger partial charge in [-0.2, -0.15) is 0 Å². The molecule has 0 fully saturated rings. The van der Waals surface area contributed by atoms with Gasteiger partial charge in [0.2, 0.25) is 0 Å². The smallest absolute Gasteiger partial charge is 0.00624 e. The van der Waals surface area contributed by atoms with E-state index in [2.05, 4.69) is 54.5 Å². The van der Waals surface area contributed by atoms with Crippen LogP contribution in [0.4, 0.5) is 0 Å². The second kappa shape index (κ2) is 2.62. The SMILES string of the molecule is CCC1(C)C(C)=CC(C)(C)C1(C)C. The van der Waals surface area contributed by atoms with Crippen LogP contribution in [-0.2, 0) is 0 Å². The predicted octanol–water partition coefficient (Wildman–Crippen LogP) is 4.42. The number of hydrogen-bond donors (Lipinski definition) is 0. The zero-order valence-electron chi connectivity index (χ0n) is 10.3. The van der Waals surface area contributed by atoms with Crippen molar-refractivity contribution in [1.82, 2.24) is 0 Å². The highest BCUT2D eigenvalue weighted by molar-refractivity contribution is 5.29. The summed E-state index contributed by atoms with van der Waals surface area (Å²) < 4.78 is 0. The Morgan fingerprint density at radius 2 is 1.54 bits per heavy atom. The summed E-state index contributed by atoms with van der Waals surface area (Å²) in [7, 11) is 0. The minimum absolute atomic E-state index is 0.335. The van der Waals surface area contributed by atoms with Crippen LogP contribution < -0.4 is 0 Å². The van der Waals surface area contributed by atoms with Crippen molar-refractivity contribution < 1.29 is 0 Å². The molecule has 0 heterocycles. The van der Waals surface area contributed by atoms with Crippen molar-refractivity contribution in [3.05, 3.63) is 11.6 Å². The van der Waals surface area contributed by atoms with Crippen LogP contribution in [0.3, 0.4) is 0 Å². The predicted molar refractivity (Wildman–Crippen MR) is 59.7 cm³/mol. The second-order valence-electron chi connectivity index (χ2n) is 5.86. The summed E-state index contributed by atoms with van der Waals surface area (Å²) in [6.45, 7) is 16.5. The summed E-state index contributed by atoms with van der Waals surface area (Å²) in [6, 6.07) is 0. The molecule has 0 bridgehead atoms. The molecule has 1 aliphatic carbocycles. The summed E-state index contributed by atoms with van der Waals surface area (Å²) >= 11 is 0. The maximum Gasteiger partial charge on any atom is -0.00624 e. The largest absolute Gasteiger partial charge is 0.0788 e. The zero-order valence-corrected chi connectivity index (χ0v) is 10.3. The third-order valence-corrected chi connectivity index (χ3v) is 5.15. The molecule has 0 aromatic carbocycles. The molecule has 0 saturated carbocycles. The van der Waals surface area contributed by atoms with Gasteiger partial charge >= 0.3 is 0 Å². The van der Waals surface area contributed by atoms with Crippen LogP contribution >= 0.6 is 0 Å². The van der Waals surface area contributed by atoms with E-state index in [0.717, 1.165) is 0 Å². The quantitative estimate of drug-likeness (QED) is 0.524. The highest BCUT2D eigenvalue weighted by Gasteiger charge is 2.53. The zero-order chi connectivity index (χ0) is 10.5. The number of allylic oxidation sites excluding steroid dienone is 2. The summed E-state index contributed by atoms with van der Waals surface area (Å²) in [5.41, 5.74) is 2.67. The van der Waals surface area contributed by atoms with Gasteiger partial charge in [0.1, 0.15) is 0 Å². The molecule has 0 nitrogen and oxygen atoms in total. The van der Waals surface area contributed by atoms with Gasteiger partial charge in [-0.15, -0.1) is 0 Å². The van der Waals surface area contributed by atoms with E-state index in [1.165, 1.54) is 6.42 Å². The van der Waals surface area contributed by atoms with E-state index in [-0.39, 0.29) is 0 Å². The Hall–Kier alpha value is -0.260. The van der Waals surface area contributed by atoms with Crippen molar-refractivity contribution in [2.75, 3.05) is 0 Å². The molecule has 1 aliphatic rings. The van der Waals surface area contributed by atoms with Crippen molar-refractivity contribution in [3.63, 3.8) is 0 Å². The lowest BCUT2D eigenvalue weighted by Crippen LogP contribution is -2.40. The van der Waals surface area contributed by atoms with Crippen LogP contribution in [0.1, 0.15) is 54.9 Å². The van der Waals surface area contributed by atoms with Gasteiger partial charge in [0, 0.05) is 0 Å². The monoisotopic (exact) mass is 180 g/mol. The first-order chi connectivity index (χ1) is 5.69. The second-order valence-corrected chi connectivity index (χ2v) is 5.86. The third-order valence-electron chi connectivity index (χ3n) is 5.15. The molecule has 0 aliphatic heterocycles. The van der Waals surface area contributed by atoms with Crippen molar-refractivity contribution in [3.8, 4) is 0 Å². The standard InChI is InChI=1S/C13H24/c1-8-13(7)10(2)9-11(3,4)12(13,5)6/h9H,8H2,1-7H3. The first-order valence-corrected chi connectivity index (χ1v) is 5.39. The normalized spacial score (nSPS) is 36.1. The van der Waals surface area contributed by atoms with Gasteiger partial charge in [-0.25, -0.2) is 0 Å². The molecule has 1 unspecified atom stereocenters. The maximum absolute atomic E-state index is 2.47. The molecule has 76 valence electrons. The van der Waals surface area contributed by atoms with Crippen molar-refractivity contribution >= 4 is 0 Å². The van der Waals surface area contributed by atoms with E-state index in [1.807, 2.05) is 0 Å². The van der Waals surface area contributed by atoms with Crippen LogP contribution in [0.15, 0.2) is 11.6 Å². The molecule has 1 rings (SSSR count). The van der Waals surface area contributed by atoms with Crippen molar-refractivity contribution in [2.24, 2.45) is 16.2 Å². The van der Waals surface area contributed by atoms with E-state index >= 15 is 0 Å². The Bertz CT molecular complexity index is 243. The fourth-order valence-electron chi connectivity index (χ4n) is 2.81. The molecule has 0 aromatic heterocycles. The molecule has 0 saturated heterocycles. The Labute approximate surface area is 83.4 Å². The maximum atomic E-state index is 2.47. The molecule has 13 heavy (non-hydrogen) atoms. The van der Waals surface area contributed by atoms with Crippen LogP contribution in [-0.4, -0.2) is 0 Å². The summed E-state index contributed by atoms with van der Waals surface area (Å²) in [6.07, 6.45) is 3.71. The Kier molecular flexibility index (Phi) is 2.18. The van der Waals surface area contributed by atoms with E-state index in [9.17, 15) is 0 Å². The van der Waals surface area contributed by atoms with Crippen LogP contribution in [0.5, 0.6) is 0 Å². The molecule has 0 radical (unpaired) electrons. The average Bonchev–Trinajstić information content (AvgIpc) is 2.10. The highest BCUT2D eigenvalue weighted by Crippen LogP contribution is 2.62. The molecular weight excluding hydrogens is 156 g/mol. The molecule has 0 heteroatoms. The van der Waals surface area contributed by atoms with E-state index in [0.29, 0.717) is 16.2 Å². The number of rotatable bonds is 1. The van der Waals surface area contributed by atoms with Crippen LogP contribution in [0.2, 0.25) is 0 Å². The van der Waals surface area contributed by atoms with Gasteiger partial charge in [-0.05, 0) is 29.6 Å². The summed E-state index contributed by atoms with van der Waals surface area (Å²) in [4.78, 5) is 0. The van der Waals surface area contributed by atoms with E-state index in [1.54, 1.807) is 5.57 Å². The molecule has 0 N–H and O–H groups in total. The first kappa shape index (κ1) is 10.8. The van der Waals surface area contributed by atoms with E-state index < -0.39 is 0 Å². The van der Waals surface area contributed by atoms with Gasteiger partial charge in [-0.3, -0.25) is 0 Å². The van der Waals surface area contributed by atoms with Crippen molar-refractivity contribution in [1.29, 1.82) is 0 Å². The van der Waals surface area contributed by atoms with Gasteiger partial charge in [0.05, 0.1) is 0 Å². The lowest BCUT2D eigenvalue weighted by molar-refractivity contribution is 0.0494. The third kappa shape index (κ3) is 1.11. The molecule has 1 atom stereocenters. The van der Waals surface area contributed by atoms with Crippen LogP contribution in [0.25, 0.3) is 0 Å². The molecule has 0 amide bonds. The summed E-state index contributed by atoms with van der Waals surface area (Å²) in [5, 5.41) is 0. The fourth-order valence-corrected chi connectivity index (χ4v) is 2.81. The Morgan fingerprint density at radius 3 is 1.69 bits per heavy atom. The molecule has 0 aromatic rings. The lowest BCUT2D eigenvalue weighted by Gasteiger charge is -2.47. The molecule has 0 spiro atoms.